The number of aryl methyl sites for hydroxylation is 1. The van der Waals surface area contributed by atoms with Crippen LogP contribution in [0.2, 0.25) is 0 Å². The first-order valence-corrected chi connectivity index (χ1v) is 5.27. The van der Waals surface area contributed by atoms with Gasteiger partial charge in [0, 0.05) is 0 Å². The second-order valence-corrected chi connectivity index (χ2v) is 3.67. The van der Waals surface area contributed by atoms with E-state index < -0.39 is 11.5 Å². The van der Waals surface area contributed by atoms with Gasteiger partial charge in [0.2, 0.25) is 0 Å². The predicted octanol–water partition coefficient (Wildman–Crippen LogP) is 0.967. The smallest absolute Gasteiger partial charge is 0.357 e. The molecular formula is C11H11N3O4. The van der Waals surface area contributed by atoms with Crippen LogP contribution in [0.1, 0.15) is 23.2 Å². The van der Waals surface area contributed by atoms with Crippen LogP contribution in [0.25, 0.3) is 10.9 Å². The molecule has 0 saturated heterocycles. The van der Waals surface area contributed by atoms with E-state index in [0.717, 1.165) is 4.68 Å². The van der Waals surface area contributed by atoms with Gasteiger partial charge in [-0.1, -0.05) is 17.3 Å². The van der Waals surface area contributed by atoms with Crippen molar-refractivity contribution in [3.8, 4) is 0 Å². The first-order valence-electron chi connectivity index (χ1n) is 5.27. The van der Waals surface area contributed by atoms with E-state index in [4.69, 9.17) is 9.63 Å². The van der Waals surface area contributed by atoms with E-state index >= 15 is 0 Å². The van der Waals surface area contributed by atoms with E-state index in [0.29, 0.717) is 0 Å². The summed E-state index contributed by atoms with van der Waals surface area (Å²) in [5, 5.41) is 16.7. The largest absolute Gasteiger partial charge is 0.476 e. The molecule has 2 aromatic rings. The van der Waals surface area contributed by atoms with Gasteiger partial charge in [0.15, 0.2) is 11.2 Å². The Morgan fingerprint density at radius 1 is 1.56 bits per heavy atom. The lowest BCUT2D eigenvalue weighted by atomic mass is 10.2. The molecule has 0 aliphatic rings. The highest BCUT2D eigenvalue weighted by Gasteiger charge is 2.21. The summed E-state index contributed by atoms with van der Waals surface area (Å²) in [6.07, 6.45) is 3.44. The van der Waals surface area contributed by atoms with E-state index in [1.165, 1.54) is 0 Å². The summed E-state index contributed by atoms with van der Waals surface area (Å²) in [6, 6.07) is 0. The molecule has 0 aromatic carbocycles. The molecule has 0 saturated carbocycles. The number of fused-ring (bicyclic) bond motifs is 1. The third-order valence-corrected chi connectivity index (χ3v) is 2.47. The summed E-state index contributed by atoms with van der Waals surface area (Å²) in [5.41, 5.74) is -0.706. The lowest BCUT2D eigenvalue weighted by Crippen LogP contribution is -2.25. The van der Waals surface area contributed by atoms with Gasteiger partial charge < -0.3 is 9.63 Å². The maximum atomic E-state index is 12.0. The Kier molecular flexibility index (Phi) is 2.97. The van der Waals surface area contributed by atoms with Crippen LogP contribution < -0.4 is 5.56 Å². The molecule has 0 spiro atoms. The van der Waals surface area contributed by atoms with Crippen molar-refractivity contribution >= 4 is 16.9 Å². The van der Waals surface area contributed by atoms with Crippen LogP contribution in [-0.4, -0.2) is 26.0 Å². The summed E-state index contributed by atoms with van der Waals surface area (Å²) in [5.74, 6) is -0.953. The molecule has 2 aromatic heterocycles. The SMILES string of the molecule is CC=CCn1nc(C(=O)O)c2c(C)onc2c1=O. The van der Waals surface area contributed by atoms with Crippen LogP contribution >= 0.6 is 0 Å². The fourth-order valence-corrected chi connectivity index (χ4v) is 1.61. The number of allylic oxidation sites excluding steroid dienone is 2. The van der Waals surface area contributed by atoms with Gasteiger partial charge in [-0.15, -0.1) is 0 Å². The van der Waals surface area contributed by atoms with Gasteiger partial charge in [-0.25, -0.2) is 9.48 Å². The molecule has 0 atom stereocenters. The molecule has 18 heavy (non-hydrogen) atoms. The van der Waals surface area contributed by atoms with Crippen molar-refractivity contribution in [2.75, 3.05) is 0 Å². The van der Waals surface area contributed by atoms with Crippen LogP contribution in [0.5, 0.6) is 0 Å². The summed E-state index contributed by atoms with van der Waals surface area (Å²) in [7, 11) is 0. The van der Waals surface area contributed by atoms with Crippen LogP contribution in [0.15, 0.2) is 21.5 Å². The Morgan fingerprint density at radius 2 is 2.28 bits per heavy atom. The molecule has 1 N–H and O–H groups in total. The third kappa shape index (κ3) is 1.79. The Hall–Kier alpha value is -2.44. The number of carboxylic acids is 1. The van der Waals surface area contributed by atoms with Crippen molar-refractivity contribution in [1.29, 1.82) is 0 Å². The van der Waals surface area contributed by atoms with Crippen molar-refractivity contribution in [3.63, 3.8) is 0 Å². The van der Waals surface area contributed by atoms with Crippen LogP contribution in [0.3, 0.4) is 0 Å². The van der Waals surface area contributed by atoms with Gasteiger partial charge in [-0.3, -0.25) is 4.79 Å². The van der Waals surface area contributed by atoms with Crippen LogP contribution in [0, 0.1) is 6.92 Å². The molecule has 2 rings (SSSR count). The number of hydrogen-bond donors (Lipinski definition) is 1. The third-order valence-electron chi connectivity index (χ3n) is 2.47. The average Bonchev–Trinajstić information content (AvgIpc) is 2.71. The Bertz CT molecular complexity index is 696. The van der Waals surface area contributed by atoms with Gasteiger partial charge in [0.05, 0.1) is 11.9 Å². The molecule has 0 amide bonds. The standard InChI is InChI=1S/C11H11N3O4/c1-3-4-5-14-10(15)8-7(6(2)18-13-8)9(12-14)11(16)17/h3-4H,5H2,1-2H3,(H,16,17). The average molecular weight is 249 g/mol. The van der Waals surface area contributed by atoms with Gasteiger partial charge in [-0.05, 0) is 13.8 Å². The van der Waals surface area contributed by atoms with Crippen molar-refractivity contribution in [3.05, 3.63) is 34.0 Å². The van der Waals surface area contributed by atoms with Crippen molar-refractivity contribution in [2.24, 2.45) is 0 Å². The highest BCUT2D eigenvalue weighted by Crippen LogP contribution is 2.17. The zero-order valence-corrected chi connectivity index (χ0v) is 9.88. The van der Waals surface area contributed by atoms with Crippen LogP contribution in [0.4, 0.5) is 0 Å². The van der Waals surface area contributed by atoms with E-state index in [9.17, 15) is 9.59 Å². The zero-order chi connectivity index (χ0) is 13.3. The highest BCUT2D eigenvalue weighted by atomic mass is 16.5. The van der Waals surface area contributed by atoms with Gasteiger partial charge in [0.25, 0.3) is 5.56 Å². The van der Waals surface area contributed by atoms with Crippen molar-refractivity contribution in [2.45, 2.75) is 20.4 Å². The maximum absolute atomic E-state index is 12.0. The molecule has 0 bridgehead atoms. The number of rotatable bonds is 3. The Balaban J connectivity index is 2.80. The number of carboxylic acid groups (broad SMARTS) is 1. The van der Waals surface area contributed by atoms with Crippen molar-refractivity contribution in [1.82, 2.24) is 14.9 Å². The number of nitrogens with zero attached hydrogens (tertiary/aromatic N) is 3. The molecule has 0 radical (unpaired) electrons. The van der Waals surface area contributed by atoms with Gasteiger partial charge in [0.1, 0.15) is 5.76 Å². The highest BCUT2D eigenvalue weighted by molar-refractivity contribution is 6.00. The minimum absolute atomic E-state index is 0.00981. The number of aromatic nitrogens is 3. The Labute approximate surface area is 101 Å². The van der Waals surface area contributed by atoms with E-state index in [2.05, 4.69) is 10.3 Å². The number of aromatic carboxylic acids is 1. The first-order chi connectivity index (χ1) is 8.56. The molecule has 94 valence electrons. The van der Waals surface area contributed by atoms with Crippen LogP contribution in [-0.2, 0) is 6.54 Å². The lowest BCUT2D eigenvalue weighted by molar-refractivity contribution is 0.0690. The van der Waals surface area contributed by atoms with E-state index in [1.54, 1.807) is 26.0 Å². The summed E-state index contributed by atoms with van der Waals surface area (Å²) >= 11 is 0. The first kappa shape index (κ1) is 12.0. The monoisotopic (exact) mass is 249 g/mol. The Morgan fingerprint density at radius 3 is 2.89 bits per heavy atom. The fraction of sp³-hybridized carbons (Fsp3) is 0.273. The fourth-order valence-electron chi connectivity index (χ4n) is 1.61. The predicted molar refractivity (Wildman–Crippen MR) is 62.6 cm³/mol. The lowest BCUT2D eigenvalue weighted by Gasteiger charge is -2.02. The summed E-state index contributed by atoms with van der Waals surface area (Å²) in [6.45, 7) is 3.53. The minimum Gasteiger partial charge on any atom is -0.476 e. The van der Waals surface area contributed by atoms with Gasteiger partial charge in [-0.2, -0.15) is 5.10 Å². The molecule has 0 unspecified atom stereocenters. The number of hydrogen-bond acceptors (Lipinski definition) is 5. The molecule has 0 aliphatic heterocycles. The molecular weight excluding hydrogens is 238 g/mol. The van der Waals surface area contributed by atoms with E-state index in [1.807, 2.05) is 0 Å². The van der Waals surface area contributed by atoms with E-state index in [-0.39, 0.29) is 28.9 Å². The van der Waals surface area contributed by atoms with Gasteiger partial charge >= 0.3 is 5.97 Å². The molecule has 7 nitrogen and oxygen atoms in total. The number of carbonyl (C=O) groups is 1. The quantitative estimate of drug-likeness (QED) is 0.814. The molecule has 2 heterocycles. The maximum Gasteiger partial charge on any atom is 0.357 e. The second-order valence-electron chi connectivity index (χ2n) is 3.67. The second kappa shape index (κ2) is 4.44. The minimum atomic E-state index is -1.22. The van der Waals surface area contributed by atoms with Crippen molar-refractivity contribution < 1.29 is 14.4 Å². The summed E-state index contributed by atoms with van der Waals surface area (Å²) < 4.78 is 5.91. The molecule has 0 fully saturated rings. The summed E-state index contributed by atoms with van der Waals surface area (Å²) in [4.78, 5) is 23.1. The topological polar surface area (TPSA) is 98.2 Å². The zero-order valence-electron chi connectivity index (χ0n) is 9.88. The normalized spacial score (nSPS) is 11.4. The molecule has 0 aliphatic carbocycles. The molecule has 7 heteroatoms.